The predicted octanol–water partition coefficient (Wildman–Crippen LogP) is 6.23. The average molecular weight is 741 g/mol. The second-order valence-electron chi connectivity index (χ2n) is 15.3. The summed E-state index contributed by atoms with van der Waals surface area (Å²) in [6.07, 6.45) is 6.40. The Labute approximate surface area is 312 Å². The minimum atomic E-state index is 0. The first-order valence-electron chi connectivity index (χ1n) is 16.2. The molecule has 1 aliphatic carbocycles. The number of hydrogen-bond donors (Lipinski definition) is 0. The van der Waals surface area contributed by atoms with Crippen LogP contribution in [0.4, 0.5) is 0 Å². The van der Waals surface area contributed by atoms with Crippen molar-refractivity contribution in [1.82, 2.24) is 0 Å². The molecule has 0 bridgehead atoms. The molecule has 47 heavy (non-hydrogen) atoms. The molecule has 246 valence electrons. The van der Waals surface area contributed by atoms with E-state index in [0.717, 1.165) is 6.42 Å². The van der Waals surface area contributed by atoms with Crippen LogP contribution in [0, 0.1) is 11.5 Å². The Morgan fingerprint density at radius 2 is 1.00 bits per heavy atom. The molecule has 0 N–H and O–H groups in total. The summed E-state index contributed by atoms with van der Waals surface area (Å²) in [5, 5.41) is 5.48. The van der Waals surface area contributed by atoms with Gasteiger partial charge in [-0.05, 0) is 10.8 Å². The van der Waals surface area contributed by atoms with Gasteiger partial charge in [-0.2, -0.15) is 11.1 Å². The van der Waals surface area contributed by atoms with Gasteiger partial charge in [0.1, 0.15) is 0 Å². The molecule has 6 rings (SSSR count). The van der Waals surface area contributed by atoms with Crippen LogP contribution in [0.15, 0.2) is 120 Å². The van der Waals surface area contributed by atoms with Gasteiger partial charge in [0.2, 0.25) is 0 Å². The molecule has 0 spiro atoms. The standard InChI is InChI=1S/C21H25.C13H10.C10H15.2ClH.Zr/c1-20(2,3)16-7-9-18-14(12-16)11-15-13-17(21(4,5)6)8-10-19(15)18;1-3-7-12(8-4-1)11-13-9-5-2-6-10-13;1-8-6-5-7-9(8)10(2,3)4;;;/h7-13H,1-6H3;1-10H;7H,6H2,1-4H3;2*1H;/q-1;;-1;;;+2/p-2. The van der Waals surface area contributed by atoms with Crippen molar-refractivity contribution in [3.05, 3.63) is 149 Å². The quantitative estimate of drug-likeness (QED) is 0.189. The topological polar surface area (TPSA) is 0 Å². The Morgan fingerprint density at radius 1 is 0.596 bits per heavy atom. The fourth-order valence-electron chi connectivity index (χ4n) is 5.71. The molecule has 0 heterocycles. The van der Waals surface area contributed by atoms with E-state index in [1.165, 1.54) is 82.4 Å². The number of rotatable bonds is 2. The van der Waals surface area contributed by atoms with Crippen LogP contribution < -0.4 is 24.8 Å². The molecule has 0 aliphatic heterocycles. The van der Waals surface area contributed by atoms with Gasteiger partial charge in [0.15, 0.2) is 0 Å². The summed E-state index contributed by atoms with van der Waals surface area (Å²) in [5.41, 5.74) is 9.13. The molecule has 3 heteroatoms. The molecule has 5 aromatic rings. The predicted molar refractivity (Wildman–Crippen MR) is 195 cm³/mol. The molecule has 0 saturated heterocycles. The monoisotopic (exact) mass is 738 g/mol. The number of hydrogen-bond acceptors (Lipinski definition) is 0. The first kappa shape index (κ1) is 40.7. The van der Waals surface area contributed by atoms with Crippen LogP contribution >= 0.6 is 0 Å². The van der Waals surface area contributed by atoms with Gasteiger partial charge in [0.25, 0.3) is 0 Å². The van der Waals surface area contributed by atoms with Gasteiger partial charge >= 0.3 is 99.2 Å². The van der Waals surface area contributed by atoms with Crippen LogP contribution in [0.5, 0.6) is 0 Å². The Balaban J connectivity index is 0.000000258. The summed E-state index contributed by atoms with van der Waals surface area (Å²) in [6.45, 7) is 22.6. The Hall–Kier alpha value is -2.44. The van der Waals surface area contributed by atoms with Crippen LogP contribution in [-0.4, -0.2) is 3.21 Å². The number of fused-ring (bicyclic) bond motifs is 3. The zero-order chi connectivity index (χ0) is 33.0. The first-order valence-corrected chi connectivity index (χ1v) is 17.4. The average Bonchev–Trinajstić information content (AvgIpc) is 3.60. The Morgan fingerprint density at radius 3 is 1.30 bits per heavy atom. The number of benzene rings is 4. The first-order chi connectivity index (χ1) is 21.1. The van der Waals surface area contributed by atoms with Gasteiger partial charge in [-0.25, -0.2) is 6.08 Å². The van der Waals surface area contributed by atoms with E-state index >= 15 is 0 Å². The summed E-state index contributed by atoms with van der Waals surface area (Å²) in [7, 11) is 0. The fourth-order valence-corrected chi connectivity index (χ4v) is 6.53. The van der Waals surface area contributed by atoms with E-state index in [2.05, 4.69) is 185 Å². The molecule has 0 radical (unpaired) electrons. The van der Waals surface area contributed by atoms with E-state index < -0.39 is 0 Å². The molecule has 1 aliphatic rings. The van der Waals surface area contributed by atoms with Crippen molar-refractivity contribution in [3.8, 4) is 0 Å². The molecule has 0 unspecified atom stereocenters. The van der Waals surface area contributed by atoms with Crippen LogP contribution in [-0.2, 0) is 35.1 Å². The van der Waals surface area contributed by atoms with Crippen molar-refractivity contribution < 1.29 is 49.0 Å². The second-order valence-corrected chi connectivity index (χ2v) is 16.6. The summed E-state index contributed by atoms with van der Waals surface area (Å²) in [5.74, 6) is 0. The van der Waals surface area contributed by atoms with E-state index in [1.807, 2.05) is 0 Å². The van der Waals surface area contributed by atoms with E-state index in [4.69, 9.17) is 0 Å². The third-order valence-electron chi connectivity index (χ3n) is 8.44. The van der Waals surface area contributed by atoms with Crippen molar-refractivity contribution >= 4 is 24.8 Å². The van der Waals surface area contributed by atoms with Gasteiger partial charge in [-0.15, -0.1) is 46.2 Å². The Bertz CT molecular complexity index is 1710. The number of allylic oxidation sites excluding steroid dienone is 4. The molecule has 0 saturated carbocycles. The normalized spacial score (nSPS) is 12.9. The third-order valence-corrected chi connectivity index (χ3v) is 9.86. The molecule has 0 amide bonds. The molecular weight excluding hydrogens is 691 g/mol. The molecule has 5 aromatic carbocycles. The second kappa shape index (κ2) is 16.8. The van der Waals surface area contributed by atoms with Gasteiger partial charge < -0.3 is 24.8 Å². The van der Waals surface area contributed by atoms with E-state index in [9.17, 15) is 0 Å². The Kier molecular flexibility index (Phi) is 14.6. The fraction of sp³-hybridized carbons (Fsp3) is 0.318. The third kappa shape index (κ3) is 10.8. The van der Waals surface area contributed by atoms with Gasteiger partial charge in [0, 0.05) is 0 Å². The molecule has 0 fully saturated rings. The molecule has 0 atom stereocenters. The summed E-state index contributed by atoms with van der Waals surface area (Å²) < 4.78 is 1.42. The number of halogens is 2. The van der Waals surface area contributed by atoms with Crippen LogP contribution in [0.25, 0.3) is 21.5 Å². The SMILES string of the molecule is CC(C)(C)c1ccc2c(c1)[cH-]c1cc(C(C)(C)C)ccc12.CC1=C(C(C)(C)C)C=[C-]C1.[Cl-].[Cl-].[Zr+2]=[C](c1ccccc1)c1ccccc1. The van der Waals surface area contributed by atoms with Gasteiger partial charge in [0.05, 0.1) is 0 Å². The van der Waals surface area contributed by atoms with E-state index in [1.54, 1.807) is 0 Å². The van der Waals surface area contributed by atoms with Crippen molar-refractivity contribution in [2.75, 3.05) is 0 Å². The van der Waals surface area contributed by atoms with Crippen molar-refractivity contribution in [1.29, 1.82) is 0 Å². The van der Waals surface area contributed by atoms with Crippen molar-refractivity contribution in [3.63, 3.8) is 0 Å². The zero-order valence-corrected chi connectivity index (χ0v) is 33.8. The molecule has 0 aromatic heterocycles. The van der Waals surface area contributed by atoms with Crippen LogP contribution in [0.1, 0.15) is 97.9 Å². The van der Waals surface area contributed by atoms with Crippen LogP contribution in [0.2, 0.25) is 0 Å². The maximum atomic E-state index is 3.23. The van der Waals surface area contributed by atoms with Crippen LogP contribution in [0.3, 0.4) is 0 Å². The van der Waals surface area contributed by atoms with E-state index in [-0.39, 0.29) is 35.6 Å². The molecular formula is C44H50Cl2Zr-2. The minimum absolute atomic E-state index is 0. The van der Waals surface area contributed by atoms with Crippen molar-refractivity contribution in [2.45, 2.75) is 86.5 Å². The maximum absolute atomic E-state index is 3.23. The molecule has 0 nitrogen and oxygen atoms in total. The van der Waals surface area contributed by atoms with Gasteiger partial charge in [-0.3, -0.25) is 6.08 Å². The van der Waals surface area contributed by atoms with Gasteiger partial charge in [-0.1, -0.05) is 110 Å². The summed E-state index contributed by atoms with van der Waals surface area (Å²) in [6, 6.07) is 37.3. The van der Waals surface area contributed by atoms with E-state index in [0.29, 0.717) is 5.41 Å². The van der Waals surface area contributed by atoms with Crippen molar-refractivity contribution in [2.24, 2.45) is 5.41 Å². The zero-order valence-electron chi connectivity index (χ0n) is 29.9. The summed E-state index contributed by atoms with van der Waals surface area (Å²) in [4.78, 5) is 0. The summed E-state index contributed by atoms with van der Waals surface area (Å²) >= 11 is 1.46.